The van der Waals surface area contributed by atoms with Crippen LogP contribution in [0.3, 0.4) is 0 Å². The third-order valence-corrected chi connectivity index (χ3v) is 3.37. The summed E-state index contributed by atoms with van der Waals surface area (Å²) in [6, 6.07) is 17.4. The van der Waals surface area contributed by atoms with Crippen molar-refractivity contribution in [1.29, 1.82) is 0 Å². The molecule has 94 valence electrons. The standard InChI is InChI=1S/C15H15BrO2/c16-15-9-5-4-6-12(15)10-13(17)11-18-14-7-2-1-3-8-14/h1-9,13,17H,10-11H2. The number of halogens is 1. The molecule has 2 aromatic carbocycles. The topological polar surface area (TPSA) is 29.5 Å². The van der Waals surface area contributed by atoms with E-state index in [1.807, 2.05) is 54.6 Å². The van der Waals surface area contributed by atoms with Gasteiger partial charge in [0.2, 0.25) is 0 Å². The molecule has 2 rings (SSSR count). The minimum atomic E-state index is -0.510. The molecule has 0 aliphatic rings. The molecule has 0 bridgehead atoms. The van der Waals surface area contributed by atoms with E-state index < -0.39 is 6.10 Å². The number of benzene rings is 2. The van der Waals surface area contributed by atoms with Crippen LogP contribution in [0.4, 0.5) is 0 Å². The molecule has 0 fully saturated rings. The van der Waals surface area contributed by atoms with Crippen LogP contribution < -0.4 is 4.74 Å². The average molecular weight is 307 g/mol. The van der Waals surface area contributed by atoms with E-state index in [1.165, 1.54) is 0 Å². The summed E-state index contributed by atoms with van der Waals surface area (Å²) in [5, 5.41) is 9.94. The molecule has 0 spiro atoms. The fourth-order valence-electron chi connectivity index (χ4n) is 1.69. The Bertz CT molecular complexity index is 485. The lowest BCUT2D eigenvalue weighted by Gasteiger charge is -2.13. The van der Waals surface area contributed by atoms with E-state index in [4.69, 9.17) is 4.74 Å². The molecule has 2 nitrogen and oxygen atoms in total. The van der Waals surface area contributed by atoms with Crippen LogP contribution in [0.2, 0.25) is 0 Å². The molecule has 1 N–H and O–H groups in total. The largest absolute Gasteiger partial charge is 0.491 e. The van der Waals surface area contributed by atoms with E-state index in [-0.39, 0.29) is 0 Å². The van der Waals surface area contributed by atoms with Crippen molar-refractivity contribution in [3.63, 3.8) is 0 Å². The normalized spacial score (nSPS) is 12.1. The Balaban J connectivity index is 1.86. The fraction of sp³-hybridized carbons (Fsp3) is 0.200. The zero-order chi connectivity index (χ0) is 12.8. The Morgan fingerprint density at radius 3 is 2.39 bits per heavy atom. The third kappa shape index (κ3) is 3.86. The second-order valence-corrected chi connectivity index (χ2v) is 4.93. The SMILES string of the molecule is OC(COc1ccccc1)Cc1ccccc1Br. The van der Waals surface area contributed by atoms with Crippen molar-refractivity contribution in [2.75, 3.05) is 6.61 Å². The van der Waals surface area contributed by atoms with Crippen LogP contribution in [0.1, 0.15) is 5.56 Å². The lowest BCUT2D eigenvalue weighted by molar-refractivity contribution is 0.107. The highest BCUT2D eigenvalue weighted by Gasteiger charge is 2.08. The van der Waals surface area contributed by atoms with Gasteiger partial charge in [-0.25, -0.2) is 0 Å². The summed E-state index contributed by atoms with van der Waals surface area (Å²) >= 11 is 3.47. The summed E-state index contributed by atoms with van der Waals surface area (Å²) in [5.74, 6) is 0.781. The predicted octanol–water partition coefficient (Wildman–Crippen LogP) is 3.43. The van der Waals surface area contributed by atoms with E-state index in [1.54, 1.807) is 0 Å². The summed E-state index contributed by atoms with van der Waals surface area (Å²) in [6.07, 6.45) is 0.0674. The van der Waals surface area contributed by atoms with Crippen molar-refractivity contribution in [3.05, 3.63) is 64.6 Å². The summed E-state index contributed by atoms with van der Waals surface area (Å²) < 4.78 is 6.53. The zero-order valence-corrected chi connectivity index (χ0v) is 11.5. The minimum Gasteiger partial charge on any atom is -0.491 e. The molecule has 0 saturated carbocycles. The maximum Gasteiger partial charge on any atom is 0.119 e. The van der Waals surface area contributed by atoms with Crippen LogP contribution >= 0.6 is 15.9 Å². The van der Waals surface area contributed by atoms with Gasteiger partial charge in [0.25, 0.3) is 0 Å². The Morgan fingerprint density at radius 1 is 1.00 bits per heavy atom. The van der Waals surface area contributed by atoms with Crippen LogP contribution in [0.15, 0.2) is 59.1 Å². The van der Waals surface area contributed by atoms with Gasteiger partial charge < -0.3 is 9.84 Å². The Labute approximate surface area is 115 Å². The van der Waals surface area contributed by atoms with Crippen LogP contribution in [0, 0.1) is 0 Å². The summed E-state index contributed by atoms with van der Waals surface area (Å²) in [6.45, 7) is 0.297. The molecular weight excluding hydrogens is 292 g/mol. The molecule has 0 amide bonds. The molecule has 0 heterocycles. The van der Waals surface area contributed by atoms with Gasteiger partial charge in [0.05, 0.1) is 6.10 Å². The van der Waals surface area contributed by atoms with E-state index >= 15 is 0 Å². The first kappa shape index (κ1) is 13.1. The monoisotopic (exact) mass is 306 g/mol. The first-order valence-electron chi connectivity index (χ1n) is 5.85. The van der Waals surface area contributed by atoms with Gasteiger partial charge in [0.15, 0.2) is 0 Å². The molecule has 0 aromatic heterocycles. The van der Waals surface area contributed by atoms with E-state index in [9.17, 15) is 5.11 Å². The van der Waals surface area contributed by atoms with Gasteiger partial charge in [-0.2, -0.15) is 0 Å². The van der Waals surface area contributed by atoms with Gasteiger partial charge in [-0.1, -0.05) is 52.3 Å². The average Bonchev–Trinajstić information content (AvgIpc) is 2.40. The van der Waals surface area contributed by atoms with Crippen LogP contribution in [0.25, 0.3) is 0 Å². The van der Waals surface area contributed by atoms with Gasteiger partial charge in [-0.15, -0.1) is 0 Å². The number of hydrogen-bond donors (Lipinski definition) is 1. The second kappa shape index (κ2) is 6.57. The molecule has 1 atom stereocenters. The Hall–Kier alpha value is -1.32. The first-order valence-corrected chi connectivity index (χ1v) is 6.64. The number of rotatable bonds is 5. The molecule has 1 unspecified atom stereocenters. The maximum atomic E-state index is 9.94. The van der Waals surface area contributed by atoms with E-state index in [2.05, 4.69) is 15.9 Å². The maximum absolute atomic E-state index is 9.94. The summed E-state index contributed by atoms with van der Waals surface area (Å²) in [4.78, 5) is 0. The van der Waals surface area contributed by atoms with Crippen LogP contribution in [0.5, 0.6) is 5.75 Å². The molecule has 2 aromatic rings. The molecule has 18 heavy (non-hydrogen) atoms. The number of aliphatic hydroxyl groups is 1. The van der Waals surface area contributed by atoms with Gasteiger partial charge in [-0.05, 0) is 23.8 Å². The van der Waals surface area contributed by atoms with E-state index in [0.717, 1.165) is 15.8 Å². The molecular formula is C15H15BrO2. The van der Waals surface area contributed by atoms with Gasteiger partial charge in [-0.3, -0.25) is 0 Å². The van der Waals surface area contributed by atoms with E-state index in [0.29, 0.717) is 13.0 Å². The lowest BCUT2D eigenvalue weighted by atomic mass is 10.1. The molecule has 0 radical (unpaired) electrons. The van der Waals surface area contributed by atoms with Gasteiger partial charge in [0, 0.05) is 10.9 Å². The fourth-order valence-corrected chi connectivity index (χ4v) is 2.13. The van der Waals surface area contributed by atoms with Crippen LogP contribution in [-0.2, 0) is 6.42 Å². The van der Waals surface area contributed by atoms with Crippen molar-refractivity contribution in [2.24, 2.45) is 0 Å². The highest BCUT2D eigenvalue weighted by Crippen LogP contribution is 2.18. The quantitative estimate of drug-likeness (QED) is 0.917. The van der Waals surface area contributed by atoms with Gasteiger partial charge >= 0.3 is 0 Å². The predicted molar refractivity (Wildman–Crippen MR) is 75.8 cm³/mol. The van der Waals surface area contributed by atoms with Crippen LogP contribution in [-0.4, -0.2) is 17.8 Å². The van der Waals surface area contributed by atoms with Crippen molar-refractivity contribution < 1.29 is 9.84 Å². The third-order valence-electron chi connectivity index (χ3n) is 2.60. The molecule has 0 saturated heterocycles. The Kier molecular flexibility index (Phi) is 4.79. The highest BCUT2D eigenvalue weighted by molar-refractivity contribution is 9.10. The van der Waals surface area contributed by atoms with Crippen molar-refractivity contribution in [3.8, 4) is 5.75 Å². The minimum absolute atomic E-state index is 0.297. The molecule has 0 aliphatic heterocycles. The highest BCUT2D eigenvalue weighted by atomic mass is 79.9. The smallest absolute Gasteiger partial charge is 0.119 e. The Morgan fingerprint density at radius 2 is 1.67 bits per heavy atom. The summed E-state index contributed by atoms with van der Waals surface area (Å²) in [7, 11) is 0. The number of ether oxygens (including phenoxy) is 1. The number of para-hydroxylation sites is 1. The molecule has 0 aliphatic carbocycles. The first-order chi connectivity index (χ1) is 8.75. The second-order valence-electron chi connectivity index (χ2n) is 4.07. The zero-order valence-electron chi connectivity index (χ0n) is 9.92. The number of aliphatic hydroxyl groups excluding tert-OH is 1. The van der Waals surface area contributed by atoms with Crippen molar-refractivity contribution in [1.82, 2.24) is 0 Å². The molecule has 3 heteroatoms. The van der Waals surface area contributed by atoms with Gasteiger partial charge in [0.1, 0.15) is 12.4 Å². The lowest BCUT2D eigenvalue weighted by Crippen LogP contribution is -2.20. The van der Waals surface area contributed by atoms with Crippen molar-refractivity contribution in [2.45, 2.75) is 12.5 Å². The summed E-state index contributed by atoms with van der Waals surface area (Å²) in [5.41, 5.74) is 1.08. The number of hydrogen-bond acceptors (Lipinski definition) is 2. The van der Waals surface area contributed by atoms with Crippen molar-refractivity contribution >= 4 is 15.9 Å².